The fourth-order valence-corrected chi connectivity index (χ4v) is 5.37. The van der Waals surface area contributed by atoms with Gasteiger partial charge < -0.3 is 10.1 Å². The third-order valence-electron chi connectivity index (χ3n) is 4.83. The van der Waals surface area contributed by atoms with Crippen LogP contribution >= 0.6 is 35.3 Å². The van der Waals surface area contributed by atoms with E-state index >= 15 is 0 Å². The number of methoxy groups -OCH3 is 1. The van der Waals surface area contributed by atoms with E-state index in [2.05, 4.69) is 15.0 Å². The molecule has 168 valence electrons. The fourth-order valence-electron chi connectivity index (χ4n) is 3.18. The van der Waals surface area contributed by atoms with Crippen LogP contribution in [0, 0.1) is 0 Å². The van der Waals surface area contributed by atoms with Crippen LogP contribution in [0.4, 0.5) is 5.13 Å². The average Bonchev–Trinajstić information content (AvgIpc) is 3.34. The number of anilines is 1. The summed E-state index contributed by atoms with van der Waals surface area (Å²) in [6, 6.07) is 14.5. The maximum Gasteiger partial charge on any atom is 0.337 e. The van der Waals surface area contributed by atoms with Crippen molar-refractivity contribution in [2.45, 2.75) is 12.8 Å². The van der Waals surface area contributed by atoms with Gasteiger partial charge in [-0.1, -0.05) is 59.6 Å². The summed E-state index contributed by atoms with van der Waals surface area (Å²) in [5.41, 5.74) is 2.06. The summed E-state index contributed by atoms with van der Waals surface area (Å²) in [4.78, 5) is 43.0. The van der Waals surface area contributed by atoms with E-state index in [1.807, 2.05) is 24.3 Å². The van der Waals surface area contributed by atoms with Crippen LogP contribution in [-0.4, -0.2) is 45.6 Å². The van der Waals surface area contributed by atoms with Gasteiger partial charge in [-0.05, 0) is 42.3 Å². The summed E-state index contributed by atoms with van der Waals surface area (Å²) in [5.74, 6) is -0.755. The number of fused-ring (bicyclic) bond motifs is 1. The molecule has 4 rings (SSSR count). The number of carbonyl (C=O) groups is 3. The molecule has 1 aliphatic heterocycles. The van der Waals surface area contributed by atoms with E-state index in [1.54, 1.807) is 30.3 Å². The molecule has 1 saturated heterocycles. The highest BCUT2D eigenvalue weighted by molar-refractivity contribution is 8.26. The van der Waals surface area contributed by atoms with Crippen LogP contribution in [0.25, 0.3) is 16.3 Å². The molecule has 0 bridgehead atoms. The van der Waals surface area contributed by atoms with Gasteiger partial charge in [0, 0.05) is 13.0 Å². The van der Waals surface area contributed by atoms with Crippen LogP contribution in [-0.2, 0) is 14.3 Å². The standard InChI is InChI=1S/C23H19N3O4S3/c1-30-21(29)15-10-8-14(9-11-15)13-18-20(28)26(23(31)33-18)12-4-7-19(27)25-22-24-16-5-2-3-6-17(16)32-22/h2-3,5-6,8-11,13H,4,7,12H2,1H3,(H,24,25,27). The maximum atomic E-state index is 12.8. The van der Waals surface area contributed by atoms with Crippen molar-refractivity contribution < 1.29 is 19.1 Å². The van der Waals surface area contributed by atoms with Crippen LogP contribution in [0.2, 0.25) is 0 Å². The van der Waals surface area contributed by atoms with Gasteiger partial charge in [-0.2, -0.15) is 0 Å². The minimum Gasteiger partial charge on any atom is -0.465 e. The van der Waals surface area contributed by atoms with E-state index in [-0.39, 0.29) is 18.2 Å². The highest BCUT2D eigenvalue weighted by atomic mass is 32.2. The van der Waals surface area contributed by atoms with Crippen molar-refractivity contribution in [3.05, 3.63) is 64.6 Å². The Morgan fingerprint density at radius 1 is 1.18 bits per heavy atom. The van der Waals surface area contributed by atoms with Crippen molar-refractivity contribution in [2.24, 2.45) is 0 Å². The van der Waals surface area contributed by atoms with Crippen LogP contribution in [0.15, 0.2) is 53.4 Å². The molecule has 33 heavy (non-hydrogen) atoms. The van der Waals surface area contributed by atoms with Crippen molar-refractivity contribution >= 4 is 78.8 Å². The SMILES string of the molecule is COC(=O)c1ccc(C=C2SC(=S)N(CCCC(=O)Nc3nc4ccccc4s3)C2=O)cc1. The second-order valence-corrected chi connectivity index (χ2v) is 9.79. The fraction of sp³-hybridized carbons (Fsp3) is 0.174. The van der Waals surface area contributed by atoms with E-state index in [1.165, 1.54) is 35.1 Å². The lowest BCUT2D eigenvalue weighted by Gasteiger charge is -2.13. The number of hydrogen-bond acceptors (Lipinski definition) is 8. The quantitative estimate of drug-likeness (QED) is 0.287. The second kappa shape index (κ2) is 10.2. The van der Waals surface area contributed by atoms with Gasteiger partial charge in [-0.15, -0.1) is 0 Å². The molecule has 0 spiro atoms. The Hall–Kier alpha value is -3.08. The number of nitrogens with zero attached hydrogens (tertiary/aromatic N) is 2. The summed E-state index contributed by atoms with van der Waals surface area (Å²) in [7, 11) is 1.33. The number of thiocarbonyl (C=S) groups is 1. The van der Waals surface area contributed by atoms with Crippen molar-refractivity contribution in [1.82, 2.24) is 9.88 Å². The van der Waals surface area contributed by atoms with Gasteiger partial charge in [0.2, 0.25) is 5.91 Å². The molecule has 3 aromatic rings. The number of ether oxygens (including phenoxy) is 1. The number of benzene rings is 2. The summed E-state index contributed by atoms with van der Waals surface area (Å²) in [6.07, 6.45) is 2.46. The molecule has 2 aromatic carbocycles. The van der Waals surface area contributed by atoms with E-state index in [0.717, 1.165) is 15.8 Å². The molecule has 0 saturated carbocycles. The Morgan fingerprint density at radius 3 is 2.67 bits per heavy atom. The highest BCUT2D eigenvalue weighted by Crippen LogP contribution is 2.33. The number of thioether (sulfide) groups is 1. The first-order valence-corrected chi connectivity index (χ1v) is 12.1. The number of thiazole rings is 1. The van der Waals surface area contributed by atoms with E-state index < -0.39 is 5.97 Å². The smallest absolute Gasteiger partial charge is 0.337 e. The van der Waals surface area contributed by atoms with Gasteiger partial charge in [0.25, 0.3) is 5.91 Å². The average molecular weight is 498 g/mol. The summed E-state index contributed by atoms with van der Waals surface area (Å²) in [5, 5.41) is 3.38. The van der Waals surface area contributed by atoms with Crippen LogP contribution < -0.4 is 5.32 Å². The molecule has 2 amide bonds. The summed E-state index contributed by atoms with van der Waals surface area (Å²) in [6.45, 7) is 0.358. The lowest BCUT2D eigenvalue weighted by Crippen LogP contribution is -2.29. The van der Waals surface area contributed by atoms with Gasteiger partial charge in [0.1, 0.15) is 4.32 Å². The van der Waals surface area contributed by atoms with Crippen molar-refractivity contribution in [3.8, 4) is 0 Å². The summed E-state index contributed by atoms with van der Waals surface area (Å²) >= 11 is 8.01. The lowest BCUT2D eigenvalue weighted by molar-refractivity contribution is -0.122. The highest BCUT2D eigenvalue weighted by Gasteiger charge is 2.31. The molecular weight excluding hydrogens is 478 g/mol. The van der Waals surface area contributed by atoms with Gasteiger partial charge in [-0.25, -0.2) is 9.78 Å². The zero-order valence-corrected chi connectivity index (χ0v) is 20.0. The minimum absolute atomic E-state index is 0.152. The second-order valence-electron chi connectivity index (χ2n) is 7.09. The Kier molecular flexibility index (Phi) is 7.17. The van der Waals surface area contributed by atoms with Crippen LogP contribution in [0.1, 0.15) is 28.8 Å². The minimum atomic E-state index is -0.417. The first kappa shape index (κ1) is 23.1. The molecule has 0 unspecified atom stereocenters. The summed E-state index contributed by atoms with van der Waals surface area (Å²) < 4.78 is 6.16. The third kappa shape index (κ3) is 5.47. The number of rotatable bonds is 7. The van der Waals surface area contributed by atoms with Crippen LogP contribution in [0.5, 0.6) is 0 Å². The van der Waals surface area contributed by atoms with Gasteiger partial charge in [0.15, 0.2) is 5.13 Å². The van der Waals surface area contributed by atoms with Gasteiger partial charge in [0.05, 0.1) is 27.8 Å². The predicted molar refractivity (Wildman–Crippen MR) is 135 cm³/mol. The van der Waals surface area contributed by atoms with Crippen molar-refractivity contribution in [2.75, 3.05) is 19.0 Å². The topological polar surface area (TPSA) is 88.6 Å². The lowest BCUT2D eigenvalue weighted by atomic mass is 10.1. The Morgan fingerprint density at radius 2 is 1.94 bits per heavy atom. The van der Waals surface area contributed by atoms with Crippen molar-refractivity contribution in [1.29, 1.82) is 0 Å². The first-order chi connectivity index (χ1) is 15.9. The third-order valence-corrected chi connectivity index (χ3v) is 7.16. The molecule has 7 nitrogen and oxygen atoms in total. The number of nitrogens with one attached hydrogen (secondary N) is 1. The molecule has 10 heteroatoms. The Labute approximate surface area is 203 Å². The normalized spacial score (nSPS) is 14.8. The molecule has 0 radical (unpaired) electrons. The Balaban J connectivity index is 1.31. The van der Waals surface area contributed by atoms with Gasteiger partial charge >= 0.3 is 5.97 Å². The molecule has 0 aliphatic carbocycles. The molecule has 2 heterocycles. The molecule has 1 aromatic heterocycles. The number of carbonyl (C=O) groups excluding carboxylic acids is 3. The maximum absolute atomic E-state index is 12.8. The van der Waals surface area contributed by atoms with E-state index in [9.17, 15) is 14.4 Å². The first-order valence-electron chi connectivity index (χ1n) is 10.0. The van der Waals surface area contributed by atoms with Crippen molar-refractivity contribution in [3.63, 3.8) is 0 Å². The zero-order valence-electron chi connectivity index (χ0n) is 17.6. The predicted octanol–water partition coefficient (Wildman–Crippen LogP) is 4.70. The molecule has 1 N–H and O–H groups in total. The molecular formula is C23H19N3O4S3. The van der Waals surface area contributed by atoms with Gasteiger partial charge in [-0.3, -0.25) is 14.5 Å². The van der Waals surface area contributed by atoms with E-state index in [0.29, 0.717) is 32.9 Å². The van der Waals surface area contributed by atoms with Crippen LogP contribution in [0.3, 0.4) is 0 Å². The largest absolute Gasteiger partial charge is 0.465 e. The number of aromatic nitrogens is 1. The van der Waals surface area contributed by atoms with E-state index in [4.69, 9.17) is 12.2 Å². The number of esters is 1. The monoisotopic (exact) mass is 497 g/mol. The molecule has 1 fully saturated rings. The zero-order chi connectivity index (χ0) is 23.4. The molecule has 1 aliphatic rings. The molecule has 0 atom stereocenters. The Bertz CT molecular complexity index is 1230. The number of amides is 2. The number of hydrogen-bond donors (Lipinski definition) is 1. The number of para-hydroxylation sites is 1.